The van der Waals surface area contributed by atoms with E-state index in [0.717, 1.165) is 60.9 Å². The zero-order valence-corrected chi connectivity index (χ0v) is 28.8. The fourth-order valence-corrected chi connectivity index (χ4v) is 8.49. The molecule has 0 atom stereocenters. The number of aromatic nitrogens is 4. The number of furan rings is 1. The molecule has 0 unspecified atom stereocenters. The van der Waals surface area contributed by atoms with E-state index in [-0.39, 0.29) is 0 Å². The maximum absolute atomic E-state index is 6.45. The summed E-state index contributed by atoms with van der Waals surface area (Å²) in [5.41, 5.74) is 8.94. The highest BCUT2D eigenvalue weighted by Gasteiger charge is 2.19. The summed E-state index contributed by atoms with van der Waals surface area (Å²) in [5.74, 6) is 2.33. The van der Waals surface area contributed by atoms with Crippen molar-refractivity contribution in [2.45, 2.75) is 0 Å². The van der Waals surface area contributed by atoms with Gasteiger partial charge in [0.15, 0.2) is 23.1 Å². The van der Waals surface area contributed by atoms with Crippen molar-refractivity contribution in [1.29, 1.82) is 0 Å². The molecule has 4 heterocycles. The lowest BCUT2D eigenvalue weighted by Crippen LogP contribution is -2.00. The Labute approximate surface area is 306 Å². The molecule has 0 fully saturated rings. The number of fused-ring (bicyclic) bond motifs is 7. The predicted octanol–water partition coefficient (Wildman–Crippen LogP) is 12.6. The standard InChI is InChI=1S/C46H26N4O2S/c1-2-10-28(11-3-1)43-48-44(29-22-20-27(21-23-29)31-13-8-14-33-32-12-4-7-19-40(32)53-42(31)33)50-45(49-43)35-15-9-18-38-41(35)34-25-24-30(26-39(34)51-38)46-47-36-16-5-6-17-37(36)52-46/h1-26H. The first-order valence-electron chi connectivity index (χ1n) is 17.4. The highest BCUT2D eigenvalue weighted by molar-refractivity contribution is 7.26. The van der Waals surface area contributed by atoms with Gasteiger partial charge >= 0.3 is 0 Å². The number of rotatable bonds is 5. The molecule has 0 aliphatic heterocycles. The molecule has 7 heteroatoms. The Balaban J connectivity index is 1.04. The monoisotopic (exact) mass is 698 g/mol. The van der Waals surface area contributed by atoms with Crippen molar-refractivity contribution in [3.63, 3.8) is 0 Å². The van der Waals surface area contributed by atoms with Crippen LogP contribution >= 0.6 is 11.3 Å². The van der Waals surface area contributed by atoms with E-state index >= 15 is 0 Å². The zero-order chi connectivity index (χ0) is 34.9. The Morgan fingerprint density at radius 1 is 0.396 bits per heavy atom. The van der Waals surface area contributed by atoms with E-state index in [2.05, 4.69) is 78.9 Å². The highest BCUT2D eigenvalue weighted by atomic mass is 32.1. The highest BCUT2D eigenvalue weighted by Crippen LogP contribution is 2.41. The van der Waals surface area contributed by atoms with E-state index in [9.17, 15) is 0 Å². The molecule has 11 aromatic rings. The van der Waals surface area contributed by atoms with Crippen LogP contribution in [0.5, 0.6) is 0 Å². The van der Waals surface area contributed by atoms with Gasteiger partial charge < -0.3 is 8.83 Å². The van der Waals surface area contributed by atoms with Crippen molar-refractivity contribution in [2.75, 3.05) is 0 Å². The Hall–Kier alpha value is -6.96. The van der Waals surface area contributed by atoms with Gasteiger partial charge in [0.05, 0.1) is 0 Å². The van der Waals surface area contributed by atoms with Gasteiger partial charge in [0.1, 0.15) is 16.7 Å². The second-order valence-electron chi connectivity index (χ2n) is 13.0. The summed E-state index contributed by atoms with van der Waals surface area (Å²) < 4.78 is 15.1. The maximum Gasteiger partial charge on any atom is 0.227 e. The maximum atomic E-state index is 6.45. The van der Waals surface area contributed by atoms with Gasteiger partial charge in [-0.15, -0.1) is 11.3 Å². The topological polar surface area (TPSA) is 77.8 Å². The Kier molecular flexibility index (Phi) is 6.62. The van der Waals surface area contributed by atoms with Gasteiger partial charge in [-0.25, -0.2) is 19.9 Å². The van der Waals surface area contributed by atoms with Crippen LogP contribution in [-0.4, -0.2) is 19.9 Å². The number of hydrogen-bond acceptors (Lipinski definition) is 7. The quantitative estimate of drug-likeness (QED) is 0.178. The lowest BCUT2D eigenvalue weighted by atomic mass is 10.0. The van der Waals surface area contributed by atoms with Crippen molar-refractivity contribution in [1.82, 2.24) is 19.9 Å². The SMILES string of the molecule is c1ccc(-c2nc(-c3ccc(-c4cccc5c4sc4ccccc45)cc3)nc(-c3cccc4oc5cc(-c6nc7ccccc7o6)ccc5c34)n2)cc1. The third-order valence-electron chi connectivity index (χ3n) is 9.80. The molecule has 0 amide bonds. The summed E-state index contributed by atoms with van der Waals surface area (Å²) in [4.78, 5) is 19.9. The molecule has 0 spiro atoms. The molecular formula is C46H26N4O2S. The lowest BCUT2D eigenvalue weighted by Gasteiger charge is -2.10. The van der Waals surface area contributed by atoms with Crippen LogP contribution in [0.1, 0.15) is 0 Å². The van der Waals surface area contributed by atoms with E-state index in [0.29, 0.717) is 23.4 Å². The molecule has 6 nitrogen and oxygen atoms in total. The van der Waals surface area contributed by atoms with Gasteiger partial charge in [0.25, 0.3) is 0 Å². The van der Waals surface area contributed by atoms with Crippen molar-refractivity contribution in [3.8, 4) is 56.7 Å². The van der Waals surface area contributed by atoms with Gasteiger partial charge in [-0.1, -0.05) is 115 Å². The minimum Gasteiger partial charge on any atom is -0.456 e. The second-order valence-corrected chi connectivity index (χ2v) is 14.1. The van der Waals surface area contributed by atoms with Crippen LogP contribution in [-0.2, 0) is 0 Å². The van der Waals surface area contributed by atoms with Crippen LogP contribution in [0.2, 0.25) is 0 Å². The van der Waals surface area contributed by atoms with Crippen molar-refractivity contribution in [3.05, 3.63) is 158 Å². The molecule has 7 aromatic carbocycles. The molecule has 0 saturated carbocycles. The summed E-state index contributed by atoms with van der Waals surface area (Å²) >= 11 is 1.84. The van der Waals surface area contributed by atoms with E-state index in [1.165, 1.54) is 25.7 Å². The molecule has 0 aliphatic rings. The number of benzene rings is 7. The van der Waals surface area contributed by atoms with Crippen LogP contribution in [0.4, 0.5) is 0 Å². The van der Waals surface area contributed by atoms with Crippen molar-refractivity contribution in [2.24, 2.45) is 0 Å². The van der Waals surface area contributed by atoms with Gasteiger partial charge in [0, 0.05) is 53.2 Å². The molecule has 0 saturated heterocycles. The second kappa shape index (κ2) is 11.8. The minimum atomic E-state index is 0.551. The lowest BCUT2D eigenvalue weighted by molar-refractivity contribution is 0.619. The molecule has 0 aliphatic carbocycles. The molecule has 11 rings (SSSR count). The molecule has 0 bridgehead atoms. The van der Waals surface area contributed by atoms with Gasteiger partial charge in [-0.2, -0.15) is 0 Å². The van der Waals surface area contributed by atoms with Crippen LogP contribution in [0.15, 0.2) is 167 Å². The summed E-state index contributed by atoms with van der Waals surface area (Å²) in [6, 6.07) is 53.6. The fourth-order valence-electron chi connectivity index (χ4n) is 7.26. The summed E-state index contributed by atoms with van der Waals surface area (Å²) in [5, 5.41) is 4.47. The third-order valence-corrected chi connectivity index (χ3v) is 11.0. The molecule has 0 radical (unpaired) electrons. The van der Waals surface area contributed by atoms with Gasteiger partial charge in [-0.05, 0) is 53.6 Å². The van der Waals surface area contributed by atoms with Crippen LogP contribution in [0.3, 0.4) is 0 Å². The van der Waals surface area contributed by atoms with Crippen LogP contribution in [0, 0.1) is 0 Å². The van der Waals surface area contributed by atoms with Crippen molar-refractivity contribution >= 4 is 64.5 Å². The van der Waals surface area contributed by atoms with E-state index in [1.807, 2.05) is 90.2 Å². The van der Waals surface area contributed by atoms with Gasteiger partial charge in [-0.3, -0.25) is 0 Å². The van der Waals surface area contributed by atoms with Crippen LogP contribution in [0.25, 0.3) is 110 Å². The summed E-state index contributed by atoms with van der Waals surface area (Å²) in [6.45, 7) is 0. The predicted molar refractivity (Wildman–Crippen MR) is 215 cm³/mol. The van der Waals surface area contributed by atoms with Gasteiger partial charge in [0.2, 0.25) is 5.89 Å². The number of oxazole rings is 1. The molecule has 4 aromatic heterocycles. The summed E-state index contributed by atoms with van der Waals surface area (Å²) in [7, 11) is 0. The number of para-hydroxylation sites is 2. The number of nitrogens with zero attached hydrogens (tertiary/aromatic N) is 4. The first kappa shape index (κ1) is 29.7. The van der Waals surface area contributed by atoms with Crippen LogP contribution < -0.4 is 0 Å². The van der Waals surface area contributed by atoms with E-state index < -0.39 is 0 Å². The van der Waals surface area contributed by atoms with Crippen molar-refractivity contribution < 1.29 is 8.83 Å². The Bertz CT molecular complexity index is 3150. The molecular weight excluding hydrogens is 673 g/mol. The largest absolute Gasteiger partial charge is 0.456 e. The molecule has 248 valence electrons. The zero-order valence-electron chi connectivity index (χ0n) is 28.0. The Morgan fingerprint density at radius 3 is 1.92 bits per heavy atom. The minimum absolute atomic E-state index is 0.551. The number of thiophene rings is 1. The first-order valence-corrected chi connectivity index (χ1v) is 18.2. The third kappa shape index (κ3) is 4.93. The average Bonchev–Trinajstić information content (AvgIpc) is 3.94. The average molecular weight is 699 g/mol. The first-order chi connectivity index (χ1) is 26.2. The molecule has 53 heavy (non-hydrogen) atoms. The van der Waals surface area contributed by atoms with E-state index in [4.69, 9.17) is 28.8 Å². The van der Waals surface area contributed by atoms with E-state index in [1.54, 1.807) is 0 Å². The fraction of sp³-hybridized carbons (Fsp3) is 0. The molecule has 0 N–H and O–H groups in total. The normalized spacial score (nSPS) is 11.8. The smallest absolute Gasteiger partial charge is 0.227 e. The Morgan fingerprint density at radius 2 is 1.06 bits per heavy atom. The summed E-state index contributed by atoms with van der Waals surface area (Å²) in [6.07, 6.45) is 0. The number of hydrogen-bond donors (Lipinski definition) is 0.